The van der Waals surface area contributed by atoms with Crippen molar-refractivity contribution in [2.75, 3.05) is 13.2 Å². The highest BCUT2D eigenvalue weighted by molar-refractivity contribution is 5.77. The zero-order valence-corrected chi connectivity index (χ0v) is 14.6. The molecule has 0 bridgehead atoms. The minimum atomic E-state index is -4.37. The Bertz CT molecular complexity index is 822. The van der Waals surface area contributed by atoms with Crippen molar-refractivity contribution >= 4 is 5.96 Å². The first kappa shape index (κ1) is 18.9. The van der Waals surface area contributed by atoms with E-state index >= 15 is 0 Å². The lowest BCUT2D eigenvalue weighted by Crippen LogP contribution is -2.31. The molecular formula is C19H20F3N3O2. The molecule has 1 aliphatic rings. The van der Waals surface area contributed by atoms with Crippen molar-refractivity contribution in [1.82, 2.24) is 5.32 Å². The zero-order valence-electron chi connectivity index (χ0n) is 14.6. The second-order valence-electron chi connectivity index (χ2n) is 6.08. The van der Waals surface area contributed by atoms with E-state index in [1.165, 1.54) is 6.07 Å². The Morgan fingerprint density at radius 1 is 1.04 bits per heavy atom. The number of fused-ring (bicyclic) bond motifs is 1. The van der Waals surface area contributed by atoms with Crippen molar-refractivity contribution in [2.24, 2.45) is 10.7 Å². The number of nitrogens with zero attached hydrogens (tertiary/aromatic N) is 1. The van der Waals surface area contributed by atoms with Gasteiger partial charge < -0.3 is 20.5 Å². The van der Waals surface area contributed by atoms with Gasteiger partial charge in [0.25, 0.3) is 0 Å². The number of hydrogen-bond donors (Lipinski definition) is 2. The zero-order chi connectivity index (χ0) is 19.3. The number of ether oxygens (including phenoxy) is 2. The molecule has 0 atom stereocenters. The number of halogens is 3. The van der Waals surface area contributed by atoms with Crippen molar-refractivity contribution < 1.29 is 22.6 Å². The molecule has 1 heterocycles. The predicted molar refractivity (Wildman–Crippen MR) is 95.7 cm³/mol. The molecule has 0 aromatic heterocycles. The standard InChI is InChI=1S/C19H20F3N3O2/c20-19(21,22)15-4-1-3-13(9-15)11-24-18(23)25-12-14-5-6-16-17(10-14)27-8-2-7-26-16/h1,3-6,9-10H,2,7-8,11-12H2,(H3,23,24,25). The summed E-state index contributed by atoms with van der Waals surface area (Å²) >= 11 is 0. The summed E-state index contributed by atoms with van der Waals surface area (Å²) in [7, 11) is 0. The fraction of sp³-hybridized carbons (Fsp3) is 0.316. The summed E-state index contributed by atoms with van der Waals surface area (Å²) in [6.45, 7) is 1.70. The number of benzene rings is 2. The molecule has 1 aliphatic heterocycles. The molecule has 3 N–H and O–H groups in total. The summed E-state index contributed by atoms with van der Waals surface area (Å²) in [6.07, 6.45) is -3.54. The van der Waals surface area contributed by atoms with Crippen LogP contribution in [0.25, 0.3) is 0 Å². The molecule has 0 saturated heterocycles. The smallest absolute Gasteiger partial charge is 0.416 e. The van der Waals surface area contributed by atoms with Gasteiger partial charge in [0.05, 0.1) is 25.3 Å². The van der Waals surface area contributed by atoms with Crippen LogP contribution >= 0.6 is 0 Å². The first-order chi connectivity index (χ1) is 12.9. The molecule has 2 aromatic carbocycles. The second kappa shape index (κ2) is 8.20. The van der Waals surface area contributed by atoms with E-state index < -0.39 is 11.7 Å². The lowest BCUT2D eigenvalue weighted by Gasteiger charge is -2.11. The van der Waals surface area contributed by atoms with Crippen molar-refractivity contribution in [2.45, 2.75) is 25.7 Å². The monoisotopic (exact) mass is 379 g/mol. The lowest BCUT2D eigenvalue weighted by atomic mass is 10.1. The maximum Gasteiger partial charge on any atom is 0.416 e. The number of alkyl halides is 3. The molecule has 0 amide bonds. The van der Waals surface area contributed by atoms with Crippen molar-refractivity contribution in [3.8, 4) is 11.5 Å². The van der Waals surface area contributed by atoms with E-state index in [9.17, 15) is 13.2 Å². The molecule has 3 rings (SSSR count). The van der Waals surface area contributed by atoms with E-state index in [-0.39, 0.29) is 12.5 Å². The summed E-state index contributed by atoms with van der Waals surface area (Å²) in [5.41, 5.74) is 6.48. The van der Waals surface area contributed by atoms with Gasteiger partial charge in [-0.3, -0.25) is 0 Å². The van der Waals surface area contributed by atoms with Gasteiger partial charge in [-0.2, -0.15) is 13.2 Å². The number of rotatable bonds is 4. The summed E-state index contributed by atoms with van der Waals surface area (Å²) in [5.74, 6) is 1.55. The minimum Gasteiger partial charge on any atom is -0.490 e. The summed E-state index contributed by atoms with van der Waals surface area (Å²) < 4.78 is 49.4. The Balaban J connectivity index is 1.58. The van der Waals surface area contributed by atoms with Crippen LogP contribution in [0.1, 0.15) is 23.1 Å². The molecule has 0 aliphatic carbocycles. The first-order valence-electron chi connectivity index (χ1n) is 8.50. The number of aliphatic imine (C=N–C) groups is 1. The van der Waals surface area contributed by atoms with Crippen molar-refractivity contribution in [3.63, 3.8) is 0 Å². The van der Waals surface area contributed by atoms with Crippen LogP contribution in [0.4, 0.5) is 13.2 Å². The van der Waals surface area contributed by atoms with Gasteiger partial charge >= 0.3 is 6.18 Å². The van der Waals surface area contributed by atoms with Crippen LogP contribution in [0.3, 0.4) is 0 Å². The number of guanidine groups is 1. The Kier molecular flexibility index (Phi) is 5.73. The molecule has 0 spiro atoms. The Morgan fingerprint density at radius 3 is 2.59 bits per heavy atom. The van der Waals surface area contributed by atoms with Gasteiger partial charge in [0.15, 0.2) is 17.5 Å². The molecule has 5 nitrogen and oxygen atoms in total. The van der Waals surface area contributed by atoms with Gasteiger partial charge in [-0.15, -0.1) is 0 Å². The van der Waals surface area contributed by atoms with Crippen molar-refractivity contribution in [1.29, 1.82) is 0 Å². The molecule has 0 saturated carbocycles. The molecule has 0 unspecified atom stereocenters. The molecule has 0 fully saturated rings. The quantitative estimate of drug-likeness (QED) is 0.631. The van der Waals surface area contributed by atoms with E-state index in [1.807, 2.05) is 18.2 Å². The Labute approximate surface area is 155 Å². The maximum atomic E-state index is 12.7. The van der Waals surface area contributed by atoms with Crippen LogP contribution in [-0.2, 0) is 19.3 Å². The topological polar surface area (TPSA) is 68.9 Å². The van der Waals surface area contributed by atoms with Gasteiger partial charge in [-0.1, -0.05) is 18.2 Å². The van der Waals surface area contributed by atoms with Crippen LogP contribution in [0.2, 0.25) is 0 Å². The summed E-state index contributed by atoms with van der Waals surface area (Å²) in [6, 6.07) is 10.6. The SMILES string of the molecule is NC(=NCc1cccc(C(F)(F)F)c1)NCc1ccc2c(c1)OCCCO2. The third-order valence-electron chi connectivity index (χ3n) is 3.97. The fourth-order valence-corrected chi connectivity index (χ4v) is 2.59. The van der Waals surface area contributed by atoms with Gasteiger partial charge in [0.2, 0.25) is 0 Å². The molecule has 144 valence electrons. The van der Waals surface area contributed by atoms with Gasteiger partial charge in [-0.05, 0) is 35.4 Å². The van der Waals surface area contributed by atoms with E-state index in [0.29, 0.717) is 36.8 Å². The fourth-order valence-electron chi connectivity index (χ4n) is 2.59. The van der Waals surface area contributed by atoms with E-state index in [2.05, 4.69) is 10.3 Å². The molecule has 8 heteroatoms. The van der Waals surface area contributed by atoms with Crippen LogP contribution in [0, 0.1) is 0 Å². The largest absolute Gasteiger partial charge is 0.490 e. The lowest BCUT2D eigenvalue weighted by molar-refractivity contribution is -0.137. The highest BCUT2D eigenvalue weighted by Crippen LogP contribution is 2.31. The molecule has 2 aromatic rings. The Hall–Kier alpha value is -2.90. The van der Waals surface area contributed by atoms with E-state index in [1.54, 1.807) is 6.07 Å². The summed E-state index contributed by atoms with van der Waals surface area (Å²) in [4.78, 5) is 4.10. The average Bonchev–Trinajstić information content (AvgIpc) is 2.89. The maximum absolute atomic E-state index is 12.7. The van der Waals surface area contributed by atoms with Gasteiger partial charge in [-0.25, -0.2) is 4.99 Å². The third-order valence-corrected chi connectivity index (χ3v) is 3.97. The first-order valence-corrected chi connectivity index (χ1v) is 8.50. The highest BCUT2D eigenvalue weighted by Gasteiger charge is 2.30. The number of nitrogens with two attached hydrogens (primary N) is 1. The van der Waals surface area contributed by atoms with E-state index in [0.717, 1.165) is 24.1 Å². The van der Waals surface area contributed by atoms with Crippen molar-refractivity contribution in [3.05, 3.63) is 59.2 Å². The highest BCUT2D eigenvalue weighted by atomic mass is 19.4. The normalized spacial score (nSPS) is 14.6. The number of hydrogen-bond acceptors (Lipinski definition) is 3. The van der Waals surface area contributed by atoms with Crippen LogP contribution in [0.15, 0.2) is 47.5 Å². The van der Waals surface area contributed by atoms with Crippen LogP contribution in [0.5, 0.6) is 11.5 Å². The third kappa shape index (κ3) is 5.29. The van der Waals surface area contributed by atoms with E-state index in [4.69, 9.17) is 15.2 Å². The minimum absolute atomic E-state index is 0.0594. The van der Waals surface area contributed by atoms with Gasteiger partial charge in [0, 0.05) is 13.0 Å². The second-order valence-corrected chi connectivity index (χ2v) is 6.08. The van der Waals surface area contributed by atoms with Gasteiger partial charge in [0.1, 0.15) is 0 Å². The average molecular weight is 379 g/mol. The van der Waals surface area contributed by atoms with Crippen LogP contribution < -0.4 is 20.5 Å². The number of nitrogens with one attached hydrogen (secondary N) is 1. The molecule has 0 radical (unpaired) electrons. The summed E-state index contributed by atoms with van der Waals surface area (Å²) in [5, 5.41) is 2.95. The molecular weight excluding hydrogens is 359 g/mol. The molecule has 27 heavy (non-hydrogen) atoms. The Morgan fingerprint density at radius 2 is 1.81 bits per heavy atom. The van der Waals surface area contributed by atoms with Crippen LogP contribution in [-0.4, -0.2) is 19.2 Å². The predicted octanol–water partition coefficient (Wildman–Crippen LogP) is 3.47.